The summed E-state index contributed by atoms with van der Waals surface area (Å²) in [4.78, 5) is 37.6. The molecule has 2 heterocycles. The second kappa shape index (κ2) is 9.52. The molecule has 28 heavy (non-hydrogen) atoms. The lowest BCUT2D eigenvalue weighted by molar-refractivity contribution is -0.124. The van der Waals surface area contributed by atoms with Crippen molar-refractivity contribution in [1.82, 2.24) is 15.1 Å². The number of ether oxygens (including phenoxy) is 1. The Kier molecular flexibility index (Phi) is 6.83. The molecule has 0 aliphatic heterocycles. The first-order valence-corrected chi connectivity index (χ1v) is 10.6. The van der Waals surface area contributed by atoms with Gasteiger partial charge in [-0.05, 0) is 17.5 Å². The molecule has 2 aromatic heterocycles. The Bertz CT molecular complexity index is 1030. The quantitative estimate of drug-likeness (QED) is 0.446. The molecule has 1 aromatic carbocycles. The lowest BCUT2D eigenvalue weighted by Gasteiger charge is -2.09. The molecule has 7 nitrogen and oxygen atoms in total. The average Bonchev–Trinajstić information content (AvgIpc) is 3.22. The highest BCUT2D eigenvalue weighted by Crippen LogP contribution is 2.16. The van der Waals surface area contributed by atoms with Gasteiger partial charge in [0.25, 0.3) is 11.5 Å². The largest absolute Gasteiger partial charge is 0.451 e. The molecule has 146 valence electrons. The molecule has 3 aromatic rings. The third-order valence-electron chi connectivity index (χ3n) is 3.88. The van der Waals surface area contributed by atoms with Gasteiger partial charge in [0.05, 0.1) is 5.39 Å². The van der Waals surface area contributed by atoms with Gasteiger partial charge in [0.15, 0.2) is 12.3 Å². The number of amides is 1. The Hall–Kier alpha value is -2.65. The van der Waals surface area contributed by atoms with Gasteiger partial charge in [-0.15, -0.1) is 11.3 Å². The van der Waals surface area contributed by atoms with Gasteiger partial charge in [-0.25, -0.2) is 9.48 Å². The monoisotopic (exact) mass is 417 g/mol. The fraction of sp³-hybridized carbons (Fsp3) is 0.263. The number of hydrogen-bond acceptors (Lipinski definition) is 7. The van der Waals surface area contributed by atoms with Crippen molar-refractivity contribution < 1.29 is 14.3 Å². The zero-order valence-corrected chi connectivity index (χ0v) is 16.8. The summed E-state index contributed by atoms with van der Waals surface area (Å²) in [6, 6.07) is 10.8. The fourth-order valence-electron chi connectivity index (χ4n) is 2.53. The van der Waals surface area contributed by atoms with E-state index in [0.717, 1.165) is 16.2 Å². The molecule has 1 amide bonds. The van der Waals surface area contributed by atoms with E-state index in [9.17, 15) is 14.4 Å². The van der Waals surface area contributed by atoms with Crippen molar-refractivity contribution in [3.05, 3.63) is 62.7 Å². The summed E-state index contributed by atoms with van der Waals surface area (Å²) in [5, 5.41) is 9.52. The molecule has 0 radical (unpaired) electrons. The second-order valence-corrected chi connectivity index (χ2v) is 8.02. The number of carbonyl (C=O) groups excluding carboxylic acids is 2. The zero-order valence-electron chi connectivity index (χ0n) is 15.2. The van der Waals surface area contributed by atoms with Crippen LogP contribution >= 0.6 is 23.1 Å². The van der Waals surface area contributed by atoms with Gasteiger partial charge in [0.2, 0.25) is 0 Å². The molecule has 0 atom stereocenters. The van der Waals surface area contributed by atoms with E-state index in [1.54, 1.807) is 47.4 Å². The summed E-state index contributed by atoms with van der Waals surface area (Å²) in [7, 11) is 1.46. The topological polar surface area (TPSA) is 90.3 Å². The van der Waals surface area contributed by atoms with E-state index >= 15 is 0 Å². The Labute approximate surface area is 169 Å². The Morgan fingerprint density at radius 3 is 2.75 bits per heavy atom. The molecule has 0 unspecified atom stereocenters. The average molecular weight is 418 g/mol. The Morgan fingerprint density at radius 1 is 1.21 bits per heavy atom. The highest BCUT2D eigenvalue weighted by molar-refractivity contribution is 7.98. The number of aromatic nitrogens is 2. The van der Waals surface area contributed by atoms with E-state index in [-0.39, 0.29) is 17.2 Å². The predicted molar refractivity (Wildman–Crippen MR) is 111 cm³/mol. The van der Waals surface area contributed by atoms with Crippen molar-refractivity contribution in [2.24, 2.45) is 7.05 Å². The van der Waals surface area contributed by atoms with Crippen LogP contribution in [0.2, 0.25) is 0 Å². The molecular weight excluding hydrogens is 398 g/mol. The first kappa shape index (κ1) is 20.1. The van der Waals surface area contributed by atoms with Gasteiger partial charge in [-0.1, -0.05) is 24.3 Å². The number of benzene rings is 1. The summed E-state index contributed by atoms with van der Waals surface area (Å²) in [6.07, 6.45) is 0. The molecule has 0 spiro atoms. The molecule has 1 N–H and O–H groups in total. The maximum Gasteiger partial charge on any atom is 0.359 e. The third kappa shape index (κ3) is 4.99. The SMILES string of the molecule is Cn1nc(C(=O)OCC(=O)NCCSCc2cccs2)c2ccccc2c1=O. The normalized spacial score (nSPS) is 10.8. The minimum absolute atomic E-state index is 0.0111. The van der Waals surface area contributed by atoms with Gasteiger partial charge < -0.3 is 10.1 Å². The van der Waals surface area contributed by atoms with Crippen molar-refractivity contribution in [3.63, 3.8) is 0 Å². The maximum absolute atomic E-state index is 12.4. The van der Waals surface area contributed by atoms with E-state index in [2.05, 4.69) is 16.5 Å². The van der Waals surface area contributed by atoms with Gasteiger partial charge in [0, 0.05) is 35.4 Å². The van der Waals surface area contributed by atoms with E-state index in [1.165, 1.54) is 11.9 Å². The number of hydrogen-bond donors (Lipinski definition) is 1. The molecule has 0 saturated carbocycles. The van der Waals surface area contributed by atoms with Crippen LogP contribution in [0.15, 0.2) is 46.6 Å². The number of esters is 1. The van der Waals surface area contributed by atoms with Crippen LogP contribution in [0.4, 0.5) is 0 Å². The highest BCUT2D eigenvalue weighted by atomic mass is 32.2. The molecule has 0 bridgehead atoms. The smallest absolute Gasteiger partial charge is 0.359 e. The van der Waals surface area contributed by atoms with Gasteiger partial charge >= 0.3 is 5.97 Å². The van der Waals surface area contributed by atoms with Gasteiger partial charge in [0.1, 0.15) is 0 Å². The Balaban J connectivity index is 1.49. The summed E-state index contributed by atoms with van der Waals surface area (Å²) in [5.41, 5.74) is -0.290. The second-order valence-electron chi connectivity index (χ2n) is 5.88. The molecule has 0 saturated heterocycles. The standard InChI is InChI=1S/C19H19N3O4S2/c1-22-18(24)15-7-3-2-6-14(15)17(21-22)19(25)26-11-16(23)20-8-10-27-12-13-5-4-9-28-13/h2-7,9H,8,10-12H2,1H3,(H,20,23). The minimum Gasteiger partial charge on any atom is -0.451 e. The van der Waals surface area contributed by atoms with Crippen LogP contribution in [0.25, 0.3) is 10.8 Å². The van der Waals surface area contributed by atoms with Crippen molar-refractivity contribution in [2.45, 2.75) is 5.75 Å². The lowest BCUT2D eigenvalue weighted by atomic mass is 10.1. The molecule has 0 aliphatic rings. The number of aryl methyl sites for hydroxylation is 1. The van der Waals surface area contributed by atoms with E-state index < -0.39 is 12.6 Å². The van der Waals surface area contributed by atoms with Crippen LogP contribution in [-0.2, 0) is 22.3 Å². The maximum atomic E-state index is 12.4. The third-order valence-corrected chi connectivity index (χ3v) is 5.94. The van der Waals surface area contributed by atoms with Crippen molar-refractivity contribution >= 4 is 45.7 Å². The van der Waals surface area contributed by atoms with Gasteiger partial charge in [-0.3, -0.25) is 9.59 Å². The molecular formula is C19H19N3O4S2. The summed E-state index contributed by atoms with van der Waals surface area (Å²) < 4.78 is 6.16. The number of carbonyl (C=O) groups is 2. The first-order chi connectivity index (χ1) is 13.6. The van der Waals surface area contributed by atoms with E-state index in [0.29, 0.717) is 17.3 Å². The van der Waals surface area contributed by atoms with Crippen LogP contribution < -0.4 is 10.9 Å². The number of nitrogens with zero attached hydrogens (tertiary/aromatic N) is 2. The van der Waals surface area contributed by atoms with Crippen LogP contribution in [0.5, 0.6) is 0 Å². The zero-order chi connectivity index (χ0) is 19.9. The molecule has 0 aliphatic carbocycles. The lowest BCUT2D eigenvalue weighted by Crippen LogP contribution is -2.31. The fourth-order valence-corrected chi connectivity index (χ4v) is 4.23. The highest BCUT2D eigenvalue weighted by Gasteiger charge is 2.17. The van der Waals surface area contributed by atoms with Crippen molar-refractivity contribution in [1.29, 1.82) is 0 Å². The number of thiophene rings is 1. The summed E-state index contributed by atoms with van der Waals surface area (Å²) >= 11 is 3.43. The predicted octanol–water partition coefficient (Wildman–Crippen LogP) is 2.20. The van der Waals surface area contributed by atoms with E-state index in [4.69, 9.17) is 4.74 Å². The van der Waals surface area contributed by atoms with Gasteiger partial charge in [-0.2, -0.15) is 16.9 Å². The number of fused-ring (bicyclic) bond motifs is 1. The van der Waals surface area contributed by atoms with Crippen LogP contribution in [0.3, 0.4) is 0 Å². The van der Waals surface area contributed by atoms with Crippen LogP contribution in [-0.4, -0.2) is 40.6 Å². The minimum atomic E-state index is -0.742. The number of thioether (sulfide) groups is 1. The van der Waals surface area contributed by atoms with Crippen molar-refractivity contribution in [2.75, 3.05) is 18.9 Å². The summed E-state index contributed by atoms with van der Waals surface area (Å²) in [5.74, 6) is 0.562. The molecule has 0 fully saturated rings. The Morgan fingerprint density at radius 2 is 2.00 bits per heavy atom. The van der Waals surface area contributed by atoms with Crippen LogP contribution in [0.1, 0.15) is 15.4 Å². The van der Waals surface area contributed by atoms with Crippen LogP contribution in [0, 0.1) is 0 Å². The first-order valence-electron chi connectivity index (χ1n) is 8.56. The van der Waals surface area contributed by atoms with E-state index in [1.807, 2.05) is 11.4 Å². The summed E-state index contributed by atoms with van der Waals surface area (Å²) in [6.45, 7) is 0.0979. The number of rotatable bonds is 8. The molecule has 9 heteroatoms. The van der Waals surface area contributed by atoms with Crippen molar-refractivity contribution in [3.8, 4) is 0 Å². The number of nitrogens with one attached hydrogen (secondary N) is 1. The molecule has 3 rings (SSSR count).